The van der Waals surface area contributed by atoms with Crippen molar-refractivity contribution in [2.24, 2.45) is 0 Å². The molecule has 0 aliphatic rings. The first-order valence-electron chi connectivity index (χ1n) is 6.15. The fourth-order valence-corrected chi connectivity index (χ4v) is 1.70. The molecule has 1 aromatic carbocycles. The Morgan fingerprint density at radius 1 is 1.37 bits per heavy atom. The number of aryl methyl sites for hydroxylation is 1. The lowest BCUT2D eigenvalue weighted by atomic mass is 10.2. The number of aromatic nitrogens is 2. The van der Waals surface area contributed by atoms with Crippen LogP contribution in [-0.2, 0) is 17.8 Å². The summed E-state index contributed by atoms with van der Waals surface area (Å²) in [5, 5.41) is 2.88. The fourth-order valence-electron chi connectivity index (χ4n) is 1.70. The van der Waals surface area contributed by atoms with Crippen molar-refractivity contribution in [3.63, 3.8) is 0 Å². The largest absolute Gasteiger partial charge is 0.497 e. The van der Waals surface area contributed by atoms with Crippen LogP contribution < -0.4 is 10.1 Å². The van der Waals surface area contributed by atoms with Gasteiger partial charge in [0, 0.05) is 24.9 Å². The monoisotopic (exact) mass is 259 g/mol. The fraction of sp³-hybridized carbons (Fsp3) is 0.286. The second-order valence-electron chi connectivity index (χ2n) is 4.20. The summed E-state index contributed by atoms with van der Waals surface area (Å²) in [6, 6.07) is 7.64. The molecule has 0 unspecified atom stereocenters. The molecule has 1 heterocycles. The molecule has 1 amide bonds. The molecule has 0 bridgehead atoms. The second-order valence-corrected chi connectivity index (χ2v) is 4.20. The van der Waals surface area contributed by atoms with Gasteiger partial charge < -0.3 is 15.0 Å². The third-order valence-corrected chi connectivity index (χ3v) is 2.82. The average molecular weight is 259 g/mol. The normalized spacial score (nSPS) is 10.2. The summed E-state index contributed by atoms with van der Waals surface area (Å²) in [4.78, 5) is 18.5. The Labute approximate surface area is 112 Å². The van der Waals surface area contributed by atoms with E-state index in [1.165, 1.54) is 0 Å². The maximum Gasteiger partial charge on any atom is 0.220 e. The van der Waals surface area contributed by atoms with Gasteiger partial charge in [0.25, 0.3) is 0 Å². The van der Waals surface area contributed by atoms with Crippen molar-refractivity contribution >= 4 is 5.91 Å². The molecule has 1 aromatic heterocycles. The number of carbonyl (C=O) groups excluding carboxylic acids is 1. The zero-order valence-electron chi connectivity index (χ0n) is 10.8. The Balaban J connectivity index is 1.73. The predicted molar refractivity (Wildman–Crippen MR) is 71.7 cm³/mol. The van der Waals surface area contributed by atoms with E-state index in [1.807, 2.05) is 24.3 Å². The molecule has 0 saturated heterocycles. The van der Waals surface area contributed by atoms with Gasteiger partial charge in [-0.2, -0.15) is 0 Å². The van der Waals surface area contributed by atoms with Crippen LogP contribution in [-0.4, -0.2) is 23.0 Å². The van der Waals surface area contributed by atoms with Gasteiger partial charge in [0.15, 0.2) is 0 Å². The van der Waals surface area contributed by atoms with Crippen molar-refractivity contribution in [1.82, 2.24) is 15.3 Å². The van der Waals surface area contributed by atoms with E-state index < -0.39 is 0 Å². The lowest BCUT2D eigenvalue weighted by Gasteiger charge is -2.06. The first-order valence-corrected chi connectivity index (χ1v) is 6.15. The first-order chi connectivity index (χ1) is 9.28. The summed E-state index contributed by atoms with van der Waals surface area (Å²) in [7, 11) is 1.63. The summed E-state index contributed by atoms with van der Waals surface area (Å²) in [5.74, 6) is 0.847. The molecule has 5 heteroatoms. The van der Waals surface area contributed by atoms with Gasteiger partial charge in [-0.25, -0.2) is 4.98 Å². The molecule has 2 aromatic rings. The minimum atomic E-state index is 0.0328. The van der Waals surface area contributed by atoms with Gasteiger partial charge in [-0.15, -0.1) is 0 Å². The van der Waals surface area contributed by atoms with Crippen LogP contribution in [0.2, 0.25) is 0 Å². The minimum Gasteiger partial charge on any atom is -0.497 e. The van der Waals surface area contributed by atoms with Crippen LogP contribution in [0.15, 0.2) is 36.8 Å². The summed E-state index contributed by atoms with van der Waals surface area (Å²) in [6.45, 7) is 0.534. The first kappa shape index (κ1) is 13.1. The van der Waals surface area contributed by atoms with Crippen LogP contribution in [0.5, 0.6) is 5.75 Å². The van der Waals surface area contributed by atoms with Crippen LogP contribution >= 0.6 is 0 Å². The van der Waals surface area contributed by atoms with Crippen molar-refractivity contribution in [2.45, 2.75) is 19.4 Å². The second kappa shape index (κ2) is 6.58. The van der Waals surface area contributed by atoms with Gasteiger partial charge in [-0.1, -0.05) is 12.1 Å². The number of benzene rings is 1. The third-order valence-electron chi connectivity index (χ3n) is 2.82. The Morgan fingerprint density at radius 3 is 2.79 bits per heavy atom. The van der Waals surface area contributed by atoms with Crippen LogP contribution in [0.25, 0.3) is 0 Å². The number of hydrogen-bond acceptors (Lipinski definition) is 3. The molecule has 2 rings (SSSR count). The standard InChI is InChI=1S/C14H17N3O2/c1-19-13-5-2-11(3-6-13)8-16-14(18)7-4-12-9-15-10-17-12/h2-3,5-6,9-10H,4,7-8H2,1H3,(H,15,17)(H,16,18). The van der Waals surface area contributed by atoms with E-state index in [0.29, 0.717) is 19.4 Å². The van der Waals surface area contributed by atoms with Crippen molar-refractivity contribution in [3.8, 4) is 5.75 Å². The SMILES string of the molecule is COc1ccc(CNC(=O)CCc2cnc[nH]2)cc1. The van der Waals surface area contributed by atoms with E-state index in [9.17, 15) is 4.79 Å². The van der Waals surface area contributed by atoms with E-state index in [0.717, 1.165) is 17.0 Å². The van der Waals surface area contributed by atoms with Crippen molar-refractivity contribution in [1.29, 1.82) is 0 Å². The maximum atomic E-state index is 11.7. The number of nitrogens with zero attached hydrogens (tertiary/aromatic N) is 1. The van der Waals surface area contributed by atoms with Crippen LogP contribution in [0.4, 0.5) is 0 Å². The highest BCUT2D eigenvalue weighted by molar-refractivity contribution is 5.76. The molecule has 0 atom stereocenters. The van der Waals surface area contributed by atoms with Crippen LogP contribution in [0.1, 0.15) is 17.7 Å². The number of methoxy groups -OCH3 is 1. The van der Waals surface area contributed by atoms with Gasteiger partial charge in [-0.3, -0.25) is 4.79 Å². The van der Waals surface area contributed by atoms with E-state index in [-0.39, 0.29) is 5.91 Å². The number of aromatic amines is 1. The topological polar surface area (TPSA) is 67.0 Å². The highest BCUT2D eigenvalue weighted by atomic mass is 16.5. The van der Waals surface area contributed by atoms with E-state index in [1.54, 1.807) is 19.6 Å². The van der Waals surface area contributed by atoms with Crippen molar-refractivity contribution < 1.29 is 9.53 Å². The highest BCUT2D eigenvalue weighted by Gasteiger charge is 2.03. The molecule has 0 fully saturated rings. The smallest absolute Gasteiger partial charge is 0.220 e. The zero-order valence-corrected chi connectivity index (χ0v) is 10.8. The Kier molecular flexibility index (Phi) is 4.55. The molecule has 19 heavy (non-hydrogen) atoms. The molecule has 0 saturated carbocycles. The number of H-pyrrole nitrogens is 1. The molecule has 100 valence electrons. The highest BCUT2D eigenvalue weighted by Crippen LogP contribution is 2.10. The van der Waals surface area contributed by atoms with Gasteiger partial charge in [0.2, 0.25) is 5.91 Å². The van der Waals surface area contributed by atoms with E-state index >= 15 is 0 Å². The molecule has 0 aliphatic carbocycles. The number of hydrogen-bond donors (Lipinski definition) is 2. The van der Waals surface area contributed by atoms with Gasteiger partial charge in [0.1, 0.15) is 5.75 Å². The summed E-state index contributed by atoms with van der Waals surface area (Å²) < 4.78 is 5.08. The van der Waals surface area contributed by atoms with Gasteiger partial charge in [-0.05, 0) is 24.1 Å². The molecule has 0 spiro atoms. The lowest BCUT2D eigenvalue weighted by molar-refractivity contribution is -0.121. The maximum absolute atomic E-state index is 11.7. The number of imidazole rings is 1. The van der Waals surface area contributed by atoms with Crippen molar-refractivity contribution in [2.75, 3.05) is 7.11 Å². The Bertz CT molecular complexity index is 506. The Hall–Kier alpha value is -2.30. The quantitative estimate of drug-likeness (QED) is 0.829. The lowest BCUT2D eigenvalue weighted by Crippen LogP contribution is -2.23. The number of rotatable bonds is 6. The third kappa shape index (κ3) is 4.13. The molecule has 2 N–H and O–H groups in total. The number of ether oxygens (including phenoxy) is 1. The van der Waals surface area contributed by atoms with E-state index in [2.05, 4.69) is 15.3 Å². The minimum absolute atomic E-state index is 0.0328. The molecular weight excluding hydrogens is 242 g/mol. The van der Waals surface area contributed by atoms with Gasteiger partial charge in [0.05, 0.1) is 13.4 Å². The molecule has 0 radical (unpaired) electrons. The number of carbonyl (C=O) groups is 1. The van der Waals surface area contributed by atoms with Gasteiger partial charge >= 0.3 is 0 Å². The average Bonchev–Trinajstić information content (AvgIpc) is 2.96. The summed E-state index contributed by atoms with van der Waals surface area (Å²) in [5.41, 5.74) is 2.02. The zero-order chi connectivity index (χ0) is 13.5. The Morgan fingerprint density at radius 2 is 2.16 bits per heavy atom. The molecule has 5 nitrogen and oxygen atoms in total. The van der Waals surface area contributed by atoms with Crippen LogP contribution in [0.3, 0.4) is 0 Å². The number of nitrogens with one attached hydrogen (secondary N) is 2. The predicted octanol–water partition coefficient (Wildman–Crippen LogP) is 1.67. The summed E-state index contributed by atoms with van der Waals surface area (Å²) >= 11 is 0. The number of amides is 1. The van der Waals surface area contributed by atoms with E-state index in [4.69, 9.17) is 4.74 Å². The van der Waals surface area contributed by atoms with Crippen molar-refractivity contribution in [3.05, 3.63) is 48.0 Å². The van der Waals surface area contributed by atoms with Crippen LogP contribution in [0, 0.1) is 0 Å². The summed E-state index contributed by atoms with van der Waals surface area (Å²) in [6.07, 6.45) is 4.48. The molecule has 0 aliphatic heterocycles. The molecular formula is C14H17N3O2.